The molecule has 0 radical (unpaired) electrons. The summed E-state index contributed by atoms with van der Waals surface area (Å²) in [5.74, 6) is 0. The Labute approximate surface area is 84.0 Å². The van der Waals surface area contributed by atoms with Crippen molar-refractivity contribution in [1.82, 2.24) is 14.8 Å². The van der Waals surface area contributed by atoms with E-state index in [0.29, 0.717) is 4.99 Å². The lowest BCUT2D eigenvalue weighted by molar-refractivity contribution is 0.869. The van der Waals surface area contributed by atoms with Crippen molar-refractivity contribution in [3.63, 3.8) is 0 Å². The van der Waals surface area contributed by atoms with E-state index in [1.807, 2.05) is 5.38 Å². The van der Waals surface area contributed by atoms with Crippen LogP contribution in [0.4, 0.5) is 0 Å². The van der Waals surface area contributed by atoms with Gasteiger partial charge in [-0.1, -0.05) is 12.2 Å². The monoisotopic (exact) mass is 210 g/mol. The Hall–Kier alpha value is -1.27. The highest BCUT2D eigenvalue weighted by atomic mass is 32.1. The number of aromatic nitrogens is 3. The molecular weight excluding hydrogens is 204 g/mol. The number of rotatable bonds is 2. The zero-order valence-electron chi connectivity index (χ0n) is 6.54. The maximum absolute atomic E-state index is 5.44. The van der Waals surface area contributed by atoms with E-state index in [1.165, 1.54) is 11.3 Å². The molecule has 2 N–H and O–H groups in total. The van der Waals surface area contributed by atoms with Crippen molar-refractivity contribution in [3.8, 4) is 5.13 Å². The molecule has 6 heteroatoms. The Morgan fingerprint density at radius 1 is 1.62 bits per heavy atom. The molecule has 66 valence electrons. The van der Waals surface area contributed by atoms with Crippen LogP contribution in [0, 0.1) is 0 Å². The van der Waals surface area contributed by atoms with E-state index in [0.717, 1.165) is 10.7 Å². The average molecular weight is 210 g/mol. The summed E-state index contributed by atoms with van der Waals surface area (Å²) >= 11 is 6.32. The quantitative estimate of drug-likeness (QED) is 0.750. The summed E-state index contributed by atoms with van der Waals surface area (Å²) in [6.07, 6.45) is 5.12. The lowest BCUT2D eigenvalue weighted by Crippen LogP contribution is -2.07. The largest absolute Gasteiger partial charge is 0.389 e. The molecule has 0 fully saturated rings. The highest BCUT2D eigenvalue weighted by Gasteiger charge is 2.03. The minimum atomic E-state index is 0.350. The Morgan fingerprint density at radius 2 is 2.46 bits per heavy atom. The molecule has 2 rings (SSSR count). The van der Waals surface area contributed by atoms with E-state index < -0.39 is 0 Å². The fourth-order valence-electron chi connectivity index (χ4n) is 0.884. The van der Waals surface area contributed by atoms with E-state index in [1.54, 1.807) is 23.3 Å². The van der Waals surface area contributed by atoms with Crippen molar-refractivity contribution in [2.75, 3.05) is 0 Å². The number of thiazole rings is 1. The summed E-state index contributed by atoms with van der Waals surface area (Å²) in [5, 5.41) is 6.77. The van der Waals surface area contributed by atoms with Gasteiger partial charge in [-0.25, -0.2) is 9.67 Å². The molecule has 0 saturated heterocycles. The van der Waals surface area contributed by atoms with E-state index in [4.69, 9.17) is 18.0 Å². The number of nitrogens with zero attached hydrogens (tertiary/aromatic N) is 3. The Morgan fingerprint density at radius 3 is 3.00 bits per heavy atom. The molecular formula is C7H6N4S2. The van der Waals surface area contributed by atoms with Gasteiger partial charge in [-0.2, -0.15) is 5.10 Å². The third-order valence-corrected chi connectivity index (χ3v) is 2.48. The SMILES string of the molecule is NC(=S)c1cnn(-c2nccs2)c1. The summed E-state index contributed by atoms with van der Waals surface area (Å²) in [6, 6.07) is 0. The molecule has 0 aliphatic heterocycles. The normalized spacial score (nSPS) is 10.2. The molecule has 2 aromatic rings. The molecule has 0 spiro atoms. The Kier molecular flexibility index (Phi) is 2.07. The van der Waals surface area contributed by atoms with E-state index in [-0.39, 0.29) is 0 Å². The molecule has 0 unspecified atom stereocenters. The maximum atomic E-state index is 5.44. The van der Waals surface area contributed by atoms with Gasteiger partial charge in [0.05, 0.1) is 6.20 Å². The summed E-state index contributed by atoms with van der Waals surface area (Å²) in [6.45, 7) is 0. The minimum Gasteiger partial charge on any atom is -0.389 e. The number of nitrogens with two attached hydrogens (primary N) is 1. The van der Waals surface area contributed by atoms with Crippen LogP contribution in [0.25, 0.3) is 5.13 Å². The first-order valence-electron chi connectivity index (χ1n) is 3.52. The summed E-state index contributed by atoms with van der Waals surface area (Å²) in [7, 11) is 0. The van der Waals surface area contributed by atoms with E-state index >= 15 is 0 Å². The predicted molar refractivity (Wildman–Crippen MR) is 55.1 cm³/mol. The Balaban J connectivity index is 2.39. The molecule has 2 aromatic heterocycles. The second-order valence-electron chi connectivity index (χ2n) is 2.35. The molecule has 2 heterocycles. The van der Waals surface area contributed by atoms with Crippen LogP contribution in [-0.4, -0.2) is 19.8 Å². The van der Waals surface area contributed by atoms with Crippen LogP contribution in [0.3, 0.4) is 0 Å². The summed E-state index contributed by atoms with van der Waals surface area (Å²) in [5.41, 5.74) is 6.20. The third-order valence-electron chi connectivity index (χ3n) is 1.48. The topological polar surface area (TPSA) is 56.7 Å². The van der Waals surface area contributed by atoms with Gasteiger partial charge < -0.3 is 5.73 Å². The van der Waals surface area contributed by atoms with Gasteiger partial charge in [-0.15, -0.1) is 11.3 Å². The Bertz CT molecular complexity index is 417. The van der Waals surface area contributed by atoms with Gasteiger partial charge in [-0.05, 0) is 0 Å². The number of thiocarbonyl (C=S) groups is 1. The summed E-state index contributed by atoms with van der Waals surface area (Å²) < 4.78 is 1.65. The van der Waals surface area contributed by atoms with Gasteiger partial charge in [0.15, 0.2) is 0 Å². The third kappa shape index (κ3) is 1.58. The van der Waals surface area contributed by atoms with Crippen LogP contribution in [-0.2, 0) is 0 Å². The standard InChI is InChI=1S/C7H6N4S2/c8-6(12)5-3-10-11(4-5)7-9-1-2-13-7/h1-4H,(H2,8,12). The highest BCUT2D eigenvalue weighted by Crippen LogP contribution is 2.10. The minimum absolute atomic E-state index is 0.350. The van der Waals surface area contributed by atoms with Crippen LogP contribution in [0.2, 0.25) is 0 Å². The zero-order valence-corrected chi connectivity index (χ0v) is 8.18. The number of hydrogen-bond donors (Lipinski definition) is 1. The molecule has 0 atom stereocenters. The second kappa shape index (κ2) is 3.23. The second-order valence-corrected chi connectivity index (χ2v) is 3.67. The first kappa shape index (κ1) is 8.33. The van der Waals surface area contributed by atoms with E-state index in [2.05, 4.69) is 10.1 Å². The van der Waals surface area contributed by atoms with Crippen molar-refractivity contribution in [2.24, 2.45) is 5.73 Å². The highest BCUT2D eigenvalue weighted by molar-refractivity contribution is 7.80. The van der Waals surface area contributed by atoms with E-state index in [9.17, 15) is 0 Å². The lowest BCUT2D eigenvalue weighted by Gasteiger charge is -1.91. The van der Waals surface area contributed by atoms with Crippen molar-refractivity contribution in [1.29, 1.82) is 0 Å². The van der Waals surface area contributed by atoms with Crippen molar-refractivity contribution in [3.05, 3.63) is 29.5 Å². The van der Waals surface area contributed by atoms with Crippen molar-refractivity contribution in [2.45, 2.75) is 0 Å². The van der Waals surface area contributed by atoms with Crippen LogP contribution >= 0.6 is 23.6 Å². The predicted octanol–water partition coefficient (Wildman–Crippen LogP) is 0.963. The van der Waals surface area contributed by atoms with Gasteiger partial charge in [0.2, 0.25) is 5.13 Å². The van der Waals surface area contributed by atoms with Gasteiger partial charge in [0.25, 0.3) is 0 Å². The average Bonchev–Trinajstić information content (AvgIpc) is 2.75. The molecule has 0 aliphatic carbocycles. The van der Waals surface area contributed by atoms with Crippen LogP contribution in [0.15, 0.2) is 24.0 Å². The van der Waals surface area contributed by atoms with Crippen LogP contribution in [0.1, 0.15) is 5.56 Å². The van der Waals surface area contributed by atoms with Gasteiger partial charge >= 0.3 is 0 Å². The first-order chi connectivity index (χ1) is 6.27. The lowest BCUT2D eigenvalue weighted by atomic mass is 10.4. The van der Waals surface area contributed by atoms with Gasteiger partial charge in [0.1, 0.15) is 4.99 Å². The van der Waals surface area contributed by atoms with Gasteiger partial charge in [-0.3, -0.25) is 0 Å². The van der Waals surface area contributed by atoms with Gasteiger partial charge in [0, 0.05) is 23.3 Å². The molecule has 0 amide bonds. The summed E-state index contributed by atoms with van der Waals surface area (Å²) in [4.78, 5) is 4.44. The first-order valence-corrected chi connectivity index (χ1v) is 4.80. The maximum Gasteiger partial charge on any atom is 0.210 e. The molecule has 0 bridgehead atoms. The van der Waals surface area contributed by atoms with Crippen molar-refractivity contribution < 1.29 is 0 Å². The molecule has 0 saturated carbocycles. The van der Waals surface area contributed by atoms with Crippen molar-refractivity contribution >= 4 is 28.5 Å². The fraction of sp³-hybridized carbons (Fsp3) is 0. The number of hydrogen-bond acceptors (Lipinski definition) is 4. The van der Waals surface area contributed by atoms with Crippen LogP contribution < -0.4 is 5.73 Å². The molecule has 13 heavy (non-hydrogen) atoms. The van der Waals surface area contributed by atoms with Crippen LogP contribution in [0.5, 0.6) is 0 Å². The molecule has 0 aliphatic rings. The fourth-order valence-corrected chi connectivity index (χ4v) is 1.56. The zero-order chi connectivity index (χ0) is 9.26. The molecule has 0 aromatic carbocycles. The smallest absolute Gasteiger partial charge is 0.210 e. The molecule has 4 nitrogen and oxygen atoms in total.